The number of nitrogens with zero attached hydrogens (tertiary/aromatic N) is 16. The van der Waals surface area contributed by atoms with Gasteiger partial charge in [-0.3, -0.25) is 14.4 Å². The number of fused-ring (bicyclic) bond motifs is 4. The van der Waals surface area contributed by atoms with Crippen LogP contribution < -0.4 is 39.3 Å². The first kappa shape index (κ1) is 113. The van der Waals surface area contributed by atoms with E-state index in [4.69, 9.17) is 91.7 Å². The number of benzene rings is 8. The molecule has 0 saturated carbocycles. The standard InChI is InChI=1S/C24H25ClF2N4O3.C22H19ClF2N4O2.C21H17ClF2N4O2.C17H19BrClFN4O2.C7H8BFO3.C3H3ClO.BBr3/c1-24(2,3)34-23(32)31-10-8-30(9-11-31)22-14-12-15(25)18(20(27)21(14)28-13-29-22)19-16(26)6-5-7-17(19)33-4;1-3-17(30)28-7-9-29(10-8-28)22-13-11-14(23)18(20(25)21(13)26-12-27-22)19-15(24)5-4-6-16(19)31-2;1-2-16(30)27-6-8-28(9-7-27)21-12-10-13(22)17(19(24)20(12)25-11-26-21)18-14(23)4-3-5-15(18)29;1-17(2,3)26-16(25)24-6-4-23(5-7-24)15-10-8-11(19)12(18)13(20)14(10)21-9-22-15;1-12-6-4-2-3-5(9)7(6)8(10)11;1-2-3(4)5;2-1(3)4/h5-7,12-13H,8-11H2,1-4H3;3-6,11-12H,1,7-10H2,2H3;2-5,10-11,29H,1,6-9H2;8-9H,4-7H2,1-3H3;2-4,10-11H,1H3;2H,1H2;. The van der Waals surface area contributed by atoms with Gasteiger partial charge in [-0.15, -0.1) is 47.3 Å². The Hall–Kier alpha value is -11.3. The maximum atomic E-state index is 15.7. The Bertz CT molecular complexity index is 6660. The third-order valence-electron chi connectivity index (χ3n) is 21.5. The molecule has 4 aliphatic rings. The van der Waals surface area contributed by atoms with Gasteiger partial charge in [0.15, 0.2) is 23.3 Å². The molecular formula is C94H91B2Br4Cl5F8N16O13. The van der Waals surface area contributed by atoms with Crippen molar-refractivity contribution in [3.63, 3.8) is 0 Å². The molecule has 12 aromatic rings. The van der Waals surface area contributed by atoms with Crippen LogP contribution in [-0.4, -0.2) is 251 Å². The van der Waals surface area contributed by atoms with E-state index in [0.29, 0.717) is 150 Å². The van der Waals surface area contributed by atoms with Crippen LogP contribution in [-0.2, 0) is 23.9 Å². The topological polar surface area (TPSA) is 321 Å². The summed E-state index contributed by atoms with van der Waals surface area (Å²) >= 11 is 42.5. The maximum Gasteiger partial charge on any atom is 0.495 e. The van der Waals surface area contributed by atoms with Gasteiger partial charge in [0.2, 0.25) is 17.1 Å². The average molecular weight is 2320 g/mol. The van der Waals surface area contributed by atoms with Gasteiger partial charge in [-0.2, -0.15) is 0 Å². The molecule has 0 radical (unpaired) electrons. The summed E-state index contributed by atoms with van der Waals surface area (Å²) in [6, 6.07) is 22.4. The number of amides is 4. The van der Waals surface area contributed by atoms with E-state index in [1.165, 1.54) is 138 Å². The number of anilines is 4. The number of hydrogen-bond donors (Lipinski definition) is 3. The molecule has 0 atom stereocenters. The summed E-state index contributed by atoms with van der Waals surface area (Å²) in [5, 5.41) is 29.0. The number of aromatic nitrogens is 8. The highest BCUT2D eigenvalue weighted by atomic mass is 79.9. The first-order chi connectivity index (χ1) is 67.3. The number of ether oxygens (including phenoxy) is 5. The molecule has 0 spiro atoms. The predicted molar refractivity (Wildman–Crippen MR) is 551 cm³/mol. The molecule has 3 N–H and O–H groups in total. The Morgan fingerprint density at radius 1 is 0.394 bits per heavy atom. The SMILES string of the molecule is BrB(Br)Br.C=CC(=O)Cl.C=CC(=O)N1CCN(c2ncnc3c(F)c(-c4c(F)cccc4OC)c(Cl)cc23)CC1.C=CC(=O)N1CCN(c2ncnc3c(F)c(-c4c(O)cccc4F)c(Cl)cc23)CC1.CC(C)(C)OC(=O)N1CCN(c2ncnc3c(F)c(Br)c(Cl)cc23)CC1.COc1cccc(F)c1-c1c(Cl)cc2c(N3CCN(C(=O)OC(C)(C)C)CC3)ncnc2c1F.COc1cccc(F)c1B(O)O. The van der Waals surface area contributed by atoms with Crippen LogP contribution in [0.3, 0.4) is 0 Å². The molecule has 0 bridgehead atoms. The Morgan fingerprint density at radius 3 is 0.937 bits per heavy atom. The van der Waals surface area contributed by atoms with Crippen molar-refractivity contribution in [2.24, 2.45) is 0 Å². The molecule has 142 heavy (non-hydrogen) atoms. The lowest BCUT2D eigenvalue weighted by Crippen LogP contribution is -2.50. The van der Waals surface area contributed by atoms with Crippen molar-refractivity contribution < 1.29 is 97.9 Å². The summed E-state index contributed by atoms with van der Waals surface area (Å²) in [6.45, 7) is 28.8. The maximum absolute atomic E-state index is 15.7. The lowest BCUT2D eigenvalue weighted by Gasteiger charge is -2.36. The van der Waals surface area contributed by atoms with Crippen LogP contribution in [0.1, 0.15) is 41.5 Å². The second-order valence-electron chi connectivity index (χ2n) is 32.7. The third-order valence-corrected chi connectivity index (χ3v) is 23.9. The fraction of sp³-hybridized carbons (Fsp3) is 0.287. The van der Waals surface area contributed by atoms with Crippen LogP contribution in [0.4, 0.5) is 68.0 Å². The van der Waals surface area contributed by atoms with Crippen LogP contribution in [0.2, 0.25) is 20.1 Å². The number of hydrogen-bond acceptors (Lipinski definition) is 25. The minimum atomic E-state index is -1.85. The van der Waals surface area contributed by atoms with Crippen molar-refractivity contribution in [1.82, 2.24) is 59.5 Å². The van der Waals surface area contributed by atoms with Gasteiger partial charge in [-0.05, 0) is 160 Å². The molecule has 8 heterocycles. The monoisotopic (exact) mass is 2320 g/mol. The number of carbonyl (C=O) groups excluding carboxylic acids is 5. The van der Waals surface area contributed by atoms with E-state index in [0.717, 1.165) is 18.2 Å². The molecule has 4 aromatic heterocycles. The first-order valence-corrected chi connectivity index (χ1v) is 48.3. The van der Waals surface area contributed by atoms with E-state index in [2.05, 4.69) is 123 Å². The van der Waals surface area contributed by atoms with Gasteiger partial charge in [-0.25, -0.2) is 84.6 Å². The summed E-state index contributed by atoms with van der Waals surface area (Å²) in [5.74, 6) is -3.87. The second-order valence-corrected chi connectivity index (χ2v) is 41.9. The summed E-state index contributed by atoms with van der Waals surface area (Å²) in [6.07, 6.45) is 7.97. The van der Waals surface area contributed by atoms with Crippen molar-refractivity contribution in [3.8, 4) is 56.4 Å². The Morgan fingerprint density at radius 2 is 0.662 bits per heavy atom. The number of carbonyl (C=O) groups is 5. The number of allylic oxidation sites excluding steroid dienone is 1. The van der Waals surface area contributed by atoms with Gasteiger partial charge in [0.05, 0.1) is 68.0 Å². The van der Waals surface area contributed by atoms with Crippen molar-refractivity contribution in [2.75, 3.05) is 146 Å². The molecule has 750 valence electrons. The molecule has 48 heteroatoms. The van der Waals surface area contributed by atoms with E-state index in [1.54, 1.807) is 25.7 Å². The zero-order valence-electron chi connectivity index (χ0n) is 77.4. The minimum absolute atomic E-state index is 0.0110. The Balaban J connectivity index is 0.000000182. The zero-order valence-corrected chi connectivity index (χ0v) is 87.5. The van der Waals surface area contributed by atoms with Gasteiger partial charge < -0.3 is 78.0 Å². The molecule has 8 aromatic carbocycles. The normalized spacial score (nSPS) is 13.6. The van der Waals surface area contributed by atoms with Gasteiger partial charge in [-0.1, -0.05) is 90.4 Å². The van der Waals surface area contributed by atoms with E-state index in [-0.39, 0.29) is 130 Å². The molecule has 0 aliphatic carbocycles. The summed E-state index contributed by atoms with van der Waals surface area (Å²) in [4.78, 5) is 106. The molecule has 4 saturated heterocycles. The first-order valence-electron chi connectivity index (χ1n) is 42.8. The van der Waals surface area contributed by atoms with Crippen LogP contribution in [0.25, 0.3) is 77.0 Å². The highest BCUT2D eigenvalue weighted by Crippen LogP contribution is 2.47. The number of rotatable bonds is 14. The van der Waals surface area contributed by atoms with Crippen LogP contribution in [0.15, 0.2) is 165 Å². The molecule has 4 aliphatic heterocycles. The molecule has 16 rings (SSSR count). The molecular weight excluding hydrogens is 2230 g/mol. The number of halogens is 17. The van der Waals surface area contributed by atoms with E-state index in [9.17, 15) is 51.0 Å². The number of methoxy groups -OCH3 is 3. The van der Waals surface area contributed by atoms with Gasteiger partial charge in [0.25, 0.3) is 0 Å². The zero-order chi connectivity index (χ0) is 104. The fourth-order valence-electron chi connectivity index (χ4n) is 15.1. The van der Waals surface area contributed by atoms with Crippen LogP contribution in [0, 0.1) is 46.5 Å². The van der Waals surface area contributed by atoms with E-state index >= 15 is 13.2 Å². The predicted octanol–water partition coefficient (Wildman–Crippen LogP) is 20.0. The lowest BCUT2D eigenvalue weighted by atomic mass is 9.79. The Labute approximate surface area is 870 Å². The fourth-order valence-corrected chi connectivity index (χ4v) is 16.4. The Kier molecular flexibility index (Phi) is 40.3. The van der Waals surface area contributed by atoms with Crippen molar-refractivity contribution >= 4 is 233 Å². The number of piperazine rings is 4. The molecule has 0 unspecified atom stereocenters. The summed E-state index contributed by atoms with van der Waals surface area (Å²) < 4.78 is 144. The number of phenolic OH excluding ortho intramolecular Hbond substituents is 1. The van der Waals surface area contributed by atoms with Crippen LogP contribution in [0.5, 0.6) is 23.0 Å². The summed E-state index contributed by atoms with van der Waals surface area (Å²) in [7, 11) is 2.24. The van der Waals surface area contributed by atoms with Crippen molar-refractivity contribution in [2.45, 2.75) is 52.7 Å². The largest absolute Gasteiger partial charge is 0.507 e. The molecule has 4 amide bonds. The lowest BCUT2D eigenvalue weighted by molar-refractivity contribution is -0.127. The third kappa shape index (κ3) is 27.8. The van der Waals surface area contributed by atoms with Crippen molar-refractivity contribution in [1.29, 1.82) is 0 Å². The van der Waals surface area contributed by atoms with Crippen molar-refractivity contribution in [3.05, 3.63) is 231 Å². The quantitative estimate of drug-likeness (QED) is 0.0299. The molecule has 4 fully saturated rings. The van der Waals surface area contributed by atoms with E-state index in [1.807, 2.05) is 61.1 Å². The van der Waals surface area contributed by atoms with Gasteiger partial charge in [0.1, 0.15) is 128 Å². The molecule has 29 nitrogen and oxygen atoms in total. The highest BCUT2D eigenvalue weighted by Gasteiger charge is 2.35. The smallest absolute Gasteiger partial charge is 0.495 e. The second kappa shape index (κ2) is 50.8. The van der Waals surface area contributed by atoms with Gasteiger partial charge in [0, 0.05) is 143 Å². The summed E-state index contributed by atoms with van der Waals surface area (Å²) in [5.41, 5.74) is -2.08. The van der Waals surface area contributed by atoms with Gasteiger partial charge >= 0.3 is 22.5 Å². The number of phenols is 1. The minimum Gasteiger partial charge on any atom is -0.507 e. The number of aromatic hydroxyl groups is 1. The van der Waals surface area contributed by atoms with Crippen LogP contribution >= 0.6 is 121 Å². The van der Waals surface area contributed by atoms with E-state index < -0.39 is 75.9 Å². The average Bonchev–Trinajstić information content (AvgIpc) is 0.756. The highest BCUT2D eigenvalue weighted by molar-refractivity contribution is 9.69.